The molecule has 0 saturated carbocycles. The highest BCUT2D eigenvalue weighted by molar-refractivity contribution is 7.99. The highest BCUT2D eigenvalue weighted by atomic mass is 35.5. The van der Waals surface area contributed by atoms with Crippen molar-refractivity contribution >= 4 is 23.4 Å². The fraction of sp³-hybridized carbons (Fsp3) is 0.625. The molecule has 4 heteroatoms. The van der Waals surface area contributed by atoms with Crippen LogP contribution >= 0.6 is 23.4 Å². The number of nitrogens with two attached hydrogens (primary N) is 1. The molecule has 2 fully saturated rings. The summed E-state index contributed by atoms with van der Waals surface area (Å²) in [6, 6.07) is 7.22. The van der Waals surface area contributed by atoms with Crippen LogP contribution in [0.15, 0.2) is 18.2 Å². The Labute approximate surface area is 131 Å². The quantitative estimate of drug-likeness (QED) is 0.926. The summed E-state index contributed by atoms with van der Waals surface area (Å²) >= 11 is 8.59. The molecule has 2 heterocycles. The van der Waals surface area contributed by atoms with E-state index in [2.05, 4.69) is 30.1 Å². The lowest BCUT2D eigenvalue weighted by atomic mass is 9.94. The number of benzene rings is 1. The maximum absolute atomic E-state index is 6.55. The number of likely N-dealkylation sites (tertiary alicyclic amines) is 1. The Morgan fingerprint density at radius 1 is 1.45 bits per heavy atom. The third kappa shape index (κ3) is 2.87. The molecule has 2 N–H and O–H groups in total. The summed E-state index contributed by atoms with van der Waals surface area (Å²) in [6.07, 6.45) is 2.42. The van der Waals surface area contributed by atoms with Gasteiger partial charge in [0.15, 0.2) is 0 Å². The van der Waals surface area contributed by atoms with Gasteiger partial charge in [0.25, 0.3) is 0 Å². The molecule has 2 aliphatic heterocycles. The highest BCUT2D eigenvalue weighted by Crippen LogP contribution is 2.39. The summed E-state index contributed by atoms with van der Waals surface area (Å²) in [5, 5.41) is 0.958. The first-order valence-corrected chi connectivity index (χ1v) is 8.99. The van der Waals surface area contributed by atoms with Crippen LogP contribution in [0.2, 0.25) is 5.02 Å². The molecule has 0 aliphatic carbocycles. The highest BCUT2D eigenvalue weighted by Gasteiger charge is 2.30. The van der Waals surface area contributed by atoms with E-state index >= 15 is 0 Å². The zero-order valence-electron chi connectivity index (χ0n) is 12.0. The molecule has 2 nitrogen and oxygen atoms in total. The Hall–Kier alpha value is -0.220. The van der Waals surface area contributed by atoms with Crippen molar-refractivity contribution in [3.8, 4) is 0 Å². The van der Waals surface area contributed by atoms with Gasteiger partial charge < -0.3 is 5.73 Å². The molecule has 0 aromatic heterocycles. The Balaban J connectivity index is 1.79. The van der Waals surface area contributed by atoms with Crippen molar-refractivity contribution in [1.29, 1.82) is 0 Å². The molecule has 0 amide bonds. The minimum absolute atomic E-state index is 0.480. The third-order valence-corrected chi connectivity index (χ3v) is 6.24. The zero-order valence-corrected chi connectivity index (χ0v) is 13.6. The molecule has 0 bridgehead atoms. The van der Waals surface area contributed by atoms with Crippen LogP contribution in [0.4, 0.5) is 0 Å². The lowest BCUT2D eigenvalue weighted by Crippen LogP contribution is -2.20. The second kappa shape index (κ2) is 6.27. The summed E-state index contributed by atoms with van der Waals surface area (Å²) in [5.41, 5.74) is 8.51. The van der Waals surface area contributed by atoms with Gasteiger partial charge in [0.1, 0.15) is 0 Å². The molecule has 0 radical (unpaired) electrons. The molecule has 1 aromatic carbocycles. The largest absolute Gasteiger partial charge is 0.330 e. The molecule has 0 spiro atoms. The maximum Gasteiger partial charge on any atom is 0.0444 e. The number of hydrogen-bond acceptors (Lipinski definition) is 3. The smallest absolute Gasteiger partial charge is 0.0444 e. The lowest BCUT2D eigenvalue weighted by Gasteiger charge is -2.21. The Morgan fingerprint density at radius 2 is 2.30 bits per heavy atom. The van der Waals surface area contributed by atoms with Gasteiger partial charge in [-0.25, -0.2) is 0 Å². The Morgan fingerprint density at radius 3 is 2.90 bits per heavy atom. The first-order chi connectivity index (χ1) is 9.69. The van der Waals surface area contributed by atoms with Crippen LogP contribution in [0, 0.1) is 5.92 Å². The number of nitrogens with zero attached hydrogens (tertiary/aromatic N) is 1. The second-order valence-electron chi connectivity index (χ2n) is 6.13. The molecule has 3 atom stereocenters. The van der Waals surface area contributed by atoms with E-state index in [1.807, 2.05) is 11.8 Å². The van der Waals surface area contributed by atoms with Gasteiger partial charge in [0.2, 0.25) is 0 Å². The predicted octanol–water partition coefficient (Wildman–Crippen LogP) is 3.51. The predicted molar refractivity (Wildman–Crippen MR) is 88.7 cm³/mol. The Bertz CT molecular complexity index is 474. The number of thioether (sulfide) groups is 1. The normalized spacial score (nSPS) is 31.1. The van der Waals surface area contributed by atoms with Crippen LogP contribution in [-0.4, -0.2) is 36.5 Å². The Kier molecular flexibility index (Phi) is 4.61. The van der Waals surface area contributed by atoms with Crippen molar-refractivity contribution in [2.24, 2.45) is 11.7 Å². The second-order valence-corrected chi connectivity index (χ2v) is 7.69. The van der Waals surface area contributed by atoms with Crippen molar-refractivity contribution in [2.75, 3.05) is 31.6 Å². The van der Waals surface area contributed by atoms with Gasteiger partial charge >= 0.3 is 0 Å². The van der Waals surface area contributed by atoms with Gasteiger partial charge in [-0.3, -0.25) is 4.90 Å². The molecule has 2 aliphatic rings. The molecule has 2 saturated heterocycles. The van der Waals surface area contributed by atoms with Crippen LogP contribution < -0.4 is 5.73 Å². The summed E-state index contributed by atoms with van der Waals surface area (Å²) in [5.74, 6) is 3.76. The maximum atomic E-state index is 6.55. The fourth-order valence-corrected chi connectivity index (χ4v) is 5.12. The minimum atomic E-state index is 0.480. The molecule has 3 unspecified atom stereocenters. The summed E-state index contributed by atoms with van der Waals surface area (Å²) in [7, 11) is 2.19. The van der Waals surface area contributed by atoms with Gasteiger partial charge in [-0.2, -0.15) is 11.8 Å². The third-order valence-electron chi connectivity index (χ3n) is 4.75. The molecular weight excluding hydrogens is 288 g/mol. The number of hydrogen-bond donors (Lipinski definition) is 1. The zero-order chi connectivity index (χ0) is 14.1. The van der Waals surface area contributed by atoms with Crippen LogP contribution in [-0.2, 0) is 0 Å². The standard InChI is InChI=1S/C16H23ClN2S/c1-19-9-11(8-18)6-16(19)12-2-3-14(15(17)7-12)13-4-5-20-10-13/h2-3,7,11,13,16H,4-6,8-10,18H2,1H3. The van der Waals surface area contributed by atoms with Crippen molar-refractivity contribution < 1.29 is 0 Å². The van der Waals surface area contributed by atoms with Crippen LogP contribution in [0.1, 0.15) is 35.9 Å². The van der Waals surface area contributed by atoms with Crippen molar-refractivity contribution in [3.05, 3.63) is 34.3 Å². The van der Waals surface area contributed by atoms with Crippen LogP contribution in [0.3, 0.4) is 0 Å². The molecule has 110 valence electrons. The van der Waals surface area contributed by atoms with Crippen molar-refractivity contribution in [1.82, 2.24) is 4.90 Å². The van der Waals surface area contributed by atoms with Gasteiger partial charge in [-0.05, 0) is 61.2 Å². The van der Waals surface area contributed by atoms with Crippen LogP contribution in [0.25, 0.3) is 0 Å². The van der Waals surface area contributed by atoms with E-state index in [0.717, 1.165) is 24.5 Å². The van der Waals surface area contributed by atoms with E-state index < -0.39 is 0 Å². The molecule has 1 aromatic rings. The summed E-state index contributed by atoms with van der Waals surface area (Å²) in [4.78, 5) is 2.41. The van der Waals surface area contributed by atoms with Gasteiger partial charge in [0, 0.05) is 23.4 Å². The van der Waals surface area contributed by atoms with E-state index in [4.69, 9.17) is 17.3 Å². The minimum Gasteiger partial charge on any atom is -0.330 e. The topological polar surface area (TPSA) is 29.3 Å². The average molecular weight is 311 g/mol. The average Bonchev–Trinajstić information content (AvgIpc) is 3.07. The van der Waals surface area contributed by atoms with E-state index in [-0.39, 0.29) is 0 Å². The van der Waals surface area contributed by atoms with Gasteiger partial charge in [-0.15, -0.1) is 0 Å². The summed E-state index contributed by atoms with van der Waals surface area (Å²) in [6.45, 7) is 1.88. The van der Waals surface area contributed by atoms with E-state index in [0.29, 0.717) is 17.9 Å². The molecular formula is C16H23ClN2S. The fourth-order valence-electron chi connectivity index (χ4n) is 3.53. The van der Waals surface area contributed by atoms with E-state index in [1.165, 1.54) is 29.1 Å². The van der Waals surface area contributed by atoms with E-state index in [1.54, 1.807) is 0 Å². The monoisotopic (exact) mass is 310 g/mol. The van der Waals surface area contributed by atoms with Crippen molar-refractivity contribution in [2.45, 2.75) is 24.8 Å². The summed E-state index contributed by atoms with van der Waals surface area (Å²) < 4.78 is 0. The number of rotatable bonds is 3. The van der Waals surface area contributed by atoms with E-state index in [9.17, 15) is 0 Å². The molecule has 3 rings (SSSR count). The van der Waals surface area contributed by atoms with Crippen molar-refractivity contribution in [3.63, 3.8) is 0 Å². The SMILES string of the molecule is CN1CC(CN)CC1c1ccc(C2CCSC2)c(Cl)c1. The van der Waals surface area contributed by atoms with Crippen LogP contribution in [0.5, 0.6) is 0 Å². The van der Waals surface area contributed by atoms with Gasteiger partial charge in [-0.1, -0.05) is 23.7 Å². The number of halogens is 1. The van der Waals surface area contributed by atoms with Gasteiger partial charge in [0.05, 0.1) is 0 Å². The first-order valence-electron chi connectivity index (χ1n) is 7.46. The first kappa shape index (κ1) is 14.7. The lowest BCUT2D eigenvalue weighted by molar-refractivity contribution is 0.313. The molecule has 20 heavy (non-hydrogen) atoms.